The zero-order valence-corrected chi connectivity index (χ0v) is 18.6. The minimum Gasteiger partial charge on any atom is -0.444 e. The van der Waals surface area contributed by atoms with E-state index in [-0.39, 0.29) is 5.91 Å². The van der Waals surface area contributed by atoms with Crippen LogP contribution in [0.1, 0.15) is 40.5 Å². The van der Waals surface area contributed by atoms with Gasteiger partial charge in [-0.25, -0.2) is 9.78 Å². The summed E-state index contributed by atoms with van der Waals surface area (Å²) < 4.78 is 7.12. The van der Waals surface area contributed by atoms with Crippen LogP contribution in [0.25, 0.3) is 16.7 Å². The summed E-state index contributed by atoms with van der Waals surface area (Å²) in [6, 6.07) is 5.54. The van der Waals surface area contributed by atoms with Crippen LogP contribution >= 0.6 is 0 Å². The molecule has 0 saturated heterocycles. The molecule has 3 aromatic rings. The van der Waals surface area contributed by atoms with Crippen molar-refractivity contribution in [2.75, 3.05) is 30.4 Å². The van der Waals surface area contributed by atoms with Crippen molar-refractivity contribution in [1.82, 2.24) is 24.9 Å². The number of unbranched alkanes of at least 4 members (excludes halogenated alkanes) is 1. The molecule has 1 aromatic carbocycles. The third-order valence-electron chi connectivity index (χ3n) is 4.48. The van der Waals surface area contributed by atoms with Gasteiger partial charge in [-0.05, 0) is 51.8 Å². The maximum atomic E-state index is 11.7. The number of hydrogen-bond donors (Lipinski definition) is 2. The Labute approximate surface area is 181 Å². The summed E-state index contributed by atoms with van der Waals surface area (Å²) >= 11 is 0. The van der Waals surface area contributed by atoms with E-state index >= 15 is 0 Å². The van der Waals surface area contributed by atoms with Crippen molar-refractivity contribution in [3.05, 3.63) is 24.5 Å². The molecule has 0 fully saturated rings. The van der Waals surface area contributed by atoms with E-state index in [4.69, 9.17) is 9.72 Å². The molecule has 2 N–H and O–H groups in total. The second-order valence-electron chi connectivity index (χ2n) is 8.40. The van der Waals surface area contributed by atoms with Crippen molar-refractivity contribution in [3.63, 3.8) is 0 Å². The molecule has 2 heterocycles. The van der Waals surface area contributed by atoms with Gasteiger partial charge in [0.2, 0.25) is 11.6 Å². The summed E-state index contributed by atoms with van der Waals surface area (Å²) in [6.07, 6.45) is 2.89. The lowest BCUT2D eigenvalue weighted by atomic mass is 10.2. The fraction of sp³-hybridized carbons (Fsp3) is 0.476. The summed E-state index contributed by atoms with van der Waals surface area (Å²) in [7, 11) is 1.95. The lowest BCUT2D eigenvalue weighted by molar-refractivity contribution is -0.114. The van der Waals surface area contributed by atoms with Gasteiger partial charge >= 0.3 is 6.09 Å². The average Bonchev–Trinajstić information content (AvgIpc) is 3.14. The fourth-order valence-corrected chi connectivity index (χ4v) is 3.17. The summed E-state index contributed by atoms with van der Waals surface area (Å²) in [6.45, 7) is 8.24. The van der Waals surface area contributed by atoms with Crippen molar-refractivity contribution in [1.29, 1.82) is 0 Å². The van der Waals surface area contributed by atoms with Crippen LogP contribution in [0.15, 0.2) is 24.5 Å². The monoisotopic (exact) mass is 427 g/mol. The molecule has 0 spiro atoms. The zero-order valence-electron chi connectivity index (χ0n) is 18.6. The highest BCUT2D eigenvalue weighted by Crippen LogP contribution is 2.25. The number of rotatable bonds is 7. The molecule has 0 saturated carbocycles. The van der Waals surface area contributed by atoms with E-state index in [0.29, 0.717) is 23.7 Å². The number of benzene rings is 1. The maximum Gasteiger partial charge on any atom is 0.407 e. The first-order valence-electron chi connectivity index (χ1n) is 10.2. The Kier molecular flexibility index (Phi) is 6.57. The van der Waals surface area contributed by atoms with Crippen molar-refractivity contribution < 1.29 is 14.3 Å². The third kappa shape index (κ3) is 5.80. The minimum atomic E-state index is -0.504. The van der Waals surface area contributed by atoms with E-state index in [1.807, 2.05) is 55.3 Å². The molecule has 10 nitrogen and oxygen atoms in total. The molecule has 0 aliphatic rings. The van der Waals surface area contributed by atoms with Gasteiger partial charge in [-0.2, -0.15) is 0 Å². The van der Waals surface area contributed by atoms with Gasteiger partial charge in [0.25, 0.3) is 0 Å². The number of hydrogen-bond acceptors (Lipinski definition) is 7. The molecule has 0 bridgehead atoms. The number of fused-ring (bicyclic) bond motifs is 3. The lowest BCUT2D eigenvalue weighted by Gasteiger charge is -2.20. The first-order valence-corrected chi connectivity index (χ1v) is 10.2. The van der Waals surface area contributed by atoms with E-state index < -0.39 is 11.7 Å². The van der Waals surface area contributed by atoms with Crippen LogP contribution in [-0.4, -0.2) is 57.3 Å². The molecule has 3 rings (SSSR count). The Bertz CT molecular complexity index is 1090. The van der Waals surface area contributed by atoms with Crippen molar-refractivity contribution in [3.8, 4) is 0 Å². The standard InChI is InChI=1S/C21H29N7O3/c1-14(29)24-15-8-9-17-16(12-15)25-18(19-26-23-13-28(17)19)27(5)11-7-6-10-22-20(30)31-21(2,3)4/h8-9,12-13H,6-7,10-11H2,1-5H3,(H,22,30)(H,24,29). The SMILES string of the molecule is CC(=O)Nc1ccc2c(c1)nc(N(C)CCCCNC(=O)OC(C)(C)C)c1nncn12. The Balaban J connectivity index is 1.67. The van der Waals surface area contributed by atoms with Crippen LogP contribution < -0.4 is 15.5 Å². The molecule has 10 heteroatoms. The fourth-order valence-electron chi connectivity index (χ4n) is 3.17. The van der Waals surface area contributed by atoms with Crippen LogP contribution in [0.4, 0.5) is 16.3 Å². The Morgan fingerprint density at radius 2 is 2.00 bits per heavy atom. The molecule has 2 amide bonds. The van der Waals surface area contributed by atoms with Crippen molar-refractivity contribution in [2.24, 2.45) is 0 Å². The average molecular weight is 428 g/mol. The van der Waals surface area contributed by atoms with Gasteiger partial charge in [-0.3, -0.25) is 9.20 Å². The van der Waals surface area contributed by atoms with Crippen molar-refractivity contribution in [2.45, 2.75) is 46.1 Å². The number of anilines is 2. The van der Waals surface area contributed by atoms with E-state index in [2.05, 4.69) is 20.8 Å². The molecule has 0 aliphatic heterocycles. The molecule has 0 atom stereocenters. The molecule has 166 valence electrons. The van der Waals surface area contributed by atoms with Crippen LogP contribution in [-0.2, 0) is 9.53 Å². The summed E-state index contributed by atoms with van der Waals surface area (Å²) in [5.74, 6) is 0.562. The topological polar surface area (TPSA) is 114 Å². The Morgan fingerprint density at radius 1 is 1.23 bits per heavy atom. The summed E-state index contributed by atoms with van der Waals surface area (Å²) in [5, 5.41) is 13.8. The normalized spacial score (nSPS) is 11.5. The van der Waals surface area contributed by atoms with Crippen LogP contribution in [0, 0.1) is 0 Å². The van der Waals surface area contributed by atoms with E-state index in [9.17, 15) is 9.59 Å². The smallest absolute Gasteiger partial charge is 0.407 e. The number of carbonyl (C=O) groups excluding carboxylic acids is 2. The molecule has 0 unspecified atom stereocenters. The van der Waals surface area contributed by atoms with Crippen LogP contribution in [0.3, 0.4) is 0 Å². The highest BCUT2D eigenvalue weighted by molar-refractivity contribution is 5.92. The van der Waals surface area contributed by atoms with Crippen molar-refractivity contribution >= 4 is 40.2 Å². The second-order valence-corrected chi connectivity index (χ2v) is 8.40. The predicted molar refractivity (Wildman–Crippen MR) is 119 cm³/mol. The number of aromatic nitrogens is 4. The number of alkyl carbamates (subject to hydrolysis) is 1. The lowest BCUT2D eigenvalue weighted by Crippen LogP contribution is -2.33. The number of nitrogens with zero attached hydrogens (tertiary/aromatic N) is 5. The van der Waals surface area contributed by atoms with Gasteiger partial charge < -0.3 is 20.3 Å². The van der Waals surface area contributed by atoms with Gasteiger partial charge in [0.15, 0.2) is 5.82 Å². The molecular formula is C21H29N7O3. The largest absolute Gasteiger partial charge is 0.444 e. The van der Waals surface area contributed by atoms with E-state index in [1.165, 1.54) is 6.92 Å². The predicted octanol–water partition coefficient (Wildman–Crippen LogP) is 2.98. The quantitative estimate of drug-likeness (QED) is 0.557. The van der Waals surface area contributed by atoms with Crippen LogP contribution in [0.5, 0.6) is 0 Å². The Hall–Kier alpha value is -3.43. The highest BCUT2D eigenvalue weighted by atomic mass is 16.6. The number of amides is 2. The van der Waals surface area contributed by atoms with E-state index in [0.717, 1.165) is 30.4 Å². The molecule has 0 radical (unpaired) electrons. The summed E-state index contributed by atoms with van der Waals surface area (Å²) in [5.41, 5.74) is 2.42. The number of carbonyl (C=O) groups is 2. The number of ether oxygens (including phenoxy) is 1. The van der Waals surface area contributed by atoms with Crippen LogP contribution in [0.2, 0.25) is 0 Å². The van der Waals surface area contributed by atoms with Gasteiger partial charge in [0.05, 0.1) is 11.0 Å². The number of nitrogens with one attached hydrogen (secondary N) is 2. The molecule has 31 heavy (non-hydrogen) atoms. The summed E-state index contributed by atoms with van der Waals surface area (Å²) in [4.78, 5) is 29.9. The molecular weight excluding hydrogens is 398 g/mol. The Morgan fingerprint density at radius 3 is 2.71 bits per heavy atom. The molecule has 0 aliphatic carbocycles. The first-order chi connectivity index (χ1) is 14.6. The maximum absolute atomic E-state index is 11.7. The second kappa shape index (κ2) is 9.15. The van der Waals surface area contributed by atoms with Gasteiger partial charge in [-0.15, -0.1) is 10.2 Å². The minimum absolute atomic E-state index is 0.137. The van der Waals surface area contributed by atoms with Gasteiger partial charge in [0, 0.05) is 32.7 Å². The van der Waals surface area contributed by atoms with E-state index in [1.54, 1.807) is 6.33 Å². The first kappa shape index (κ1) is 22.3. The zero-order chi connectivity index (χ0) is 22.6. The third-order valence-corrected chi connectivity index (χ3v) is 4.48. The van der Waals surface area contributed by atoms with Gasteiger partial charge in [-0.1, -0.05) is 0 Å². The molecule has 2 aromatic heterocycles. The van der Waals surface area contributed by atoms with Gasteiger partial charge in [0.1, 0.15) is 11.9 Å². The highest BCUT2D eigenvalue weighted by Gasteiger charge is 2.16.